The Morgan fingerprint density at radius 1 is 0.897 bits per heavy atom. The molecule has 11 heteroatoms. The van der Waals surface area contributed by atoms with E-state index < -0.39 is 65.3 Å². The fourth-order valence-corrected chi connectivity index (χ4v) is 3.76. The Balaban J connectivity index is 1.78. The third kappa shape index (κ3) is 4.38. The highest BCUT2D eigenvalue weighted by Crippen LogP contribution is 2.39. The molecule has 1 aliphatic heterocycles. The van der Waals surface area contributed by atoms with E-state index >= 15 is 0 Å². The molecule has 3 amide bonds. The van der Waals surface area contributed by atoms with Crippen molar-refractivity contribution in [3.63, 3.8) is 0 Å². The predicted octanol–water partition coefficient (Wildman–Crippen LogP) is 3.84. The monoisotopic (exact) mass is 422 g/mol. The fourth-order valence-electron chi connectivity index (χ4n) is 3.76. The Bertz CT molecular complexity index is 793. The van der Waals surface area contributed by atoms with Crippen molar-refractivity contribution in [2.24, 2.45) is 11.8 Å². The van der Waals surface area contributed by atoms with Crippen LogP contribution in [0.15, 0.2) is 18.2 Å². The zero-order chi connectivity index (χ0) is 21.6. The van der Waals surface area contributed by atoms with E-state index in [1.54, 1.807) is 0 Å². The average molecular weight is 422 g/mol. The van der Waals surface area contributed by atoms with Crippen LogP contribution in [0.5, 0.6) is 0 Å². The predicted molar refractivity (Wildman–Crippen MR) is 87.2 cm³/mol. The standard InChI is InChI=1S/C18H16F6N2O3/c19-17(20,21)9-5-10(18(22,23)24)7-11(6-9)25-14(27)8-26-15(28)12-3-1-2-4-13(12)16(26)29/h5-7,12-13H,1-4,8H2,(H,25,27)/t12-,13-/m0/s1. The maximum Gasteiger partial charge on any atom is 0.416 e. The number of nitrogens with one attached hydrogen (secondary N) is 1. The number of anilines is 1. The van der Waals surface area contributed by atoms with Gasteiger partial charge >= 0.3 is 12.4 Å². The molecule has 1 saturated heterocycles. The average Bonchev–Trinajstić information content (AvgIpc) is 2.85. The Morgan fingerprint density at radius 3 is 1.76 bits per heavy atom. The summed E-state index contributed by atoms with van der Waals surface area (Å²) in [6.07, 6.45) is -7.56. The van der Waals surface area contributed by atoms with E-state index in [1.165, 1.54) is 0 Å². The molecule has 3 rings (SSSR count). The molecule has 0 unspecified atom stereocenters. The summed E-state index contributed by atoms with van der Waals surface area (Å²) in [7, 11) is 0. The quantitative estimate of drug-likeness (QED) is 0.595. The van der Waals surface area contributed by atoms with E-state index in [4.69, 9.17) is 0 Å². The second kappa shape index (κ2) is 7.34. The number of carbonyl (C=O) groups is 3. The lowest BCUT2D eigenvalue weighted by Gasteiger charge is -2.19. The third-order valence-electron chi connectivity index (χ3n) is 5.11. The van der Waals surface area contributed by atoms with Gasteiger partial charge in [0.1, 0.15) is 6.54 Å². The minimum atomic E-state index is -5.06. The van der Waals surface area contributed by atoms with Gasteiger partial charge in [-0.3, -0.25) is 19.3 Å². The summed E-state index contributed by atoms with van der Waals surface area (Å²) in [6, 6.07) is 0.662. The molecule has 1 aromatic carbocycles. The van der Waals surface area contributed by atoms with Crippen LogP contribution in [0.2, 0.25) is 0 Å². The zero-order valence-corrected chi connectivity index (χ0v) is 14.9. The van der Waals surface area contributed by atoms with E-state index in [9.17, 15) is 40.7 Å². The smallest absolute Gasteiger partial charge is 0.325 e. The number of imide groups is 1. The highest BCUT2D eigenvalue weighted by Gasteiger charge is 2.48. The molecule has 1 N–H and O–H groups in total. The fraction of sp³-hybridized carbons (Fsp3) is 0.500. The van der Waals surface area contributed by atoms with Crippen molar-refractivity contribution in [1.82, 2.24) is 4.90 Å². The lowest BCUT2D eigenvalue weighted by molar-refractivity contribution is -0.143. The van der Waals surface area contributed by atoms with Crippen LogP contribution in [0.3, 0.4) is 0 Å². The summed E-state index contributed by atoms with van der Waals surface area (Å²) in [5, 5.41) is 1.93. The van der Waals surface area contributed by atoms with E-state index in [2.05, 4.69) is 0 Å². The Labute approximate surface area is 161 Å². The number of carbonyl (C=O) groups excluding carboxylic acids is 3. The van der Waals surface area contributed by atoms with Crippen LogP contribution in [-0.2, 0) is 26.7 Å². The number of nitrogens with zero attached hydrogens (tertiary/aromatic N) is 1. The van der Waals surface area contributed by atoms with Crippen molar-refractivity contribution in [2.45, 2.75) is 38.0 Å². The highest BCUT2D eigenvalue weighted by atomic mass is 19.4. The van der Waals surface area contributed by atoms with Gasteiger partial charge < -0.3 is 5.32 Å². The van der Waals surface area contributed by atoms with Gasteiger partial charge in [0.05, 0.1) is 23.0 Å². The molecule has 0 spiro atoms. The van der Waals surface area contributed by atoms with Crippen LogP contribution in [-0.4, -0.2) is 29.2 Å². The number of hydrogen-bond acceptors (Lipinski definition) is 3. The molecular weight excluding hydrogens is 406 g/mol. The largest absolute Gasteiger partial charge is 0.416 e. The van der Waals surface area contributed by atoms with E-state index in [0.717, 1.165) is 17.7 Å². The number of likely N-dealkylation sites (tertiary alicyclic amines) is 1. The topological polar surface area (TPSA) is 66.5 Å². The van der Waals surface area contributed by atoms with Gasteiger partial charge in [0.15, 0.2) is 0 Å². The number of benzene rings is 1. The summed E-state index contributed by atoms with van der Waals surface area (Å²) in [5.41, 5.74) is -3.89. The summed E-state index contributed by atoms with van der Waals surface area (Å²) in [5.74, 6) is -3.16. The first-order valence-corrected chi connectivity index (χ1v) is 8.82. The zero-order valence-electron chi connectivity index (χ0n) is 14.9. The van der Waals surface area contributed by atoms with Gasteiger partial charge in [-0.25, -0.2) is 0 Å². The van der Waals surface area contributed by atoms with Crippen molar-refractivity contribution < 1.29 is 40.7 Å². The normalized spacial score (nSPS) is 22.6. The number of alkyl halides is 6. The molecule has 0 radical (unpaired) electrons. The Kier molecular flexibility index (Phi) is 5.35. The van der Waals surface area contributed by atoms with E-state index in [-0.39, 0.29) is 6.07 Å². The molecule has 2 fully saturated rings. The van der Waals surface area contributed by atoms with Gasteiger partial charge in [-0.1, -0.05) is 12.8 Å². The SMILES string of the molecule is O=C(CN1C(=O)[C@H]2CCCC[C@@H]2C1=O)Nc1cc(C(F)(F)F)cc(C(F)(F)F)c1. The number of hydrogen-bond donors (Lipinski definition) is 1. The van der Waals surface area contributed by atoms with Crippen LogP contribution >= 0.6 is 0 Å². The van der Waals surface area contributed by atoms with Crippen molar-refractivity contribution in [1.29, 1.82) is 0 Å². The minimum absolute atomic E-state index is 0.0616. The molecule has 1 saturated carbocycles. The molecule has 0 aromatic heterocycles. The lowest BCUT2D eigenvalue weighted by atomic mass is 9.81. The maximum absolute atomic E-state index is 12.9. The van der Waals surface area contributed by atoms with Gasteiger partial charge in [-0.2, -0.15) is 26.3 Å². The molecule has 1 aromatic rings. The Morgan fingerprint density at radius 2 is 1.34 bits per heavy atom. The van der Waals surface area contributed by atoms with Gasteiger partial charge in [-0.05, 0) is 31.0 Å². The van der Waals surface area contributed by atoms with Crippen molar-refractivity contribution in [3.05, 3.63) is 29.3 Å². The molecule has 29 heavy (non-hydrogen) atoms. The second-order valence-corrected chi connectivity index (χ2v) is 7.10. The van der Waals surface area contributed by atoms with Crippen molar-refractivity contribution >= 4 is 23.4 Å². The molecule has 2 aliphatic rings. The van der Waals surface area contributed by atoms with Gasteiger partial charge in [-0.15, -0.1) is 0 Å². The molecule has 0 bridgehead atoms. The molecule has 2 atom stereocenters. The van der Waals surface area contributed by atoms with Crippen LogP contribution in [0.1, 0.15) is 36.8 Å². The van der Waals surface area contributed by atoms with Crippen LogP contribution in [0, 0.1) is 11.8 Å². The second-order valence-electron chi connectivity index (χ2n) is 7.10. The van der Waals surface area contributed by atoms with Gasteiger partial charge in [0, 0.05) is 5.69 Å². The Hall–Kier alpha value is -2.59. The number of rotatable bonds is 3. The first-order valence-electron chi connectivity index (χ1n) is 8.82. The van der Waals surface area contributed by atoms with Crippen molar-refractivity contribution in [3.8, 4) is 0 Å². The van der Waals surface area contributed by atoms with Crippen LogP contribution in [0.4, 0.5) is 32.0 Å². The molecule has 1 heterocycles. The maximum atomic E-state index is 12.9. The molecular formula is C18H16F6N2O3. The summed E-state index contributed by atoms with van der Waals surface area (Å²) < 4.78 is 77.4. The number of fused-ring (bicyclic) bond motifs is 1. The van der Waals surface area contributed by atoms with E-state index in [0.29, 0.717) is 25.0 Å². The highest BCUT2D eigenvalue weighted by molar-refractivity contribution is 6.08. The first kappa shape index (κ1) is 21.1. The first-order chi connectivity index (χ1) is 13.4. The number of halogens is 6. The lowest BCUT2D eigenvalue weighted by Crippen LogP contribution is -2.38. The van der Waals surface area contributed by atoms with E-state index in [1.807, 2.05) is 5.32 Å². The molecule has 1 aliphatic carbocycles. The molecule has 5 nitrogen and oxygen atoms in total. The number of amides is 3. The molecule has 158 valence electrons. The van der Waals surface area contributed by atoms with Gasteiger partial charge in [0.2, 0.25) is 17.7 Å². The third-order valence-corrected chi connectivity index (χ3v) is 5.11. The van der Waals surface area contributed by atoms with Gasteiger partial charge in [0.25, 0.3) is 0 Å². The van der Waals surface area contributed by atoms with Crippen LogP contribution < -0.4 is 5.32 Å². The van der Waals surface area contributed by atoms with Crippen LogP contribution in [0.25, 0.3) is 0 Å². The minimum Gasteiger partial charge on any atom is -0.325 e. The summed E-state index contributed by atoms with van der Waals surface area (Å²) in [4.78, 5) is 37.6. The summed E-state index contributed by atoms with van der Waals surface area (Å²) in [6.45, 7) is -0.762. The van der Waals surface area contributed by atoms with Crippen molar-refractivity contribution in [2.75, 3.05) is 11.9 Å². The summed E-state index contributed by atoms with van der Waals surface area (Å²) >= 11 is 0.